The lowest BCUT2D eigenvalue weighted by molar-refractivity contribution is -0.0355. The van der Waals surface area contributed by atoms with E-state index in [2.05, 4.69) is 34.1 Å². The third-order valence-corrected chi connectivity index (χ3v) is 4.01. The van der Waals surface area contributed by atoms with Crippen LogP contribution in [0.4, 0.5) is 5.95 Å². The Morgan fingerprint density at radius 2 is 2.35 bits per heavy atom. The number of imidazole rings is 1. The summed E-state index contributed by atoms with van der Waals surface area (Å²) in [7, 11) is 0. The number of nitrogens with zero attached hydrogens (tertiary/aromatic N) is 3. The van der Waals surface area contributed by atoms with Crippen LogP contribution in [0.1, 0.15) is 39.8 Å². The minimum absolute atomic E-state index is 0.00739. The molecule has 0 amide bonds. The monoisotopic (exact) mass is 321 g/mol. The molecule has 1 fully saturated rings. The highest BCUT2D eigenvalue weighted by Crippen LogP contribution is 2.31. The Bertz CT molecular complexity index is 738. The number of hydrogen-bond donors (Lipinski definition) is 3. The van der Waals surface area contributed by atoms with Crippen LogP contribution in [0.5, 0.6) is 0 Å². The zero-order valence-corrected chi connectivity index (χ0v) is 13.6. The minimum atomic E-state index is -0.634. The number of aliphatic hydroxyl groups is 1. The molecule has 3 rings (SSSR count). The first kappa shape index (κ1) is 15.9. The Balaban J connectivity index is 1.97. The summed E-state index contributed by atoms with van der Waals surface area (Å²) in [4.78, 5) is 23.4. The Morgan fingerprint density at radius 1 is 1.57 bits per heavy atom. The third-order valence-electron chi connectivity index (χ3n) is 4.01. The number of hydrogen-bond acceptors (Lipinski definition) is 6. The average molecular weight is 321 g/mol. The first-order valence-corrected chi connectivity index (χ1v) is 8.03. The number of aromatic nitrogens is 4. The summed E-state index contributed by atoms with van der Waals surface area (Å²) in [5.74, 6) is 0.823. The molecule has 0 aliphatic carbocycles. The highest BCUT2D eigenvalue weighted by Gasteiger charge is 2.35. The van der Waals surface area contributed by atoms with Gasteiger partial charge < -0.3 is 15.2 Å². The molecule has 0 unspecified atom stereocenters. The minimum Gasteiger partial charge on any atom is -0.388 e. The van der Waals surface area contributed by atoms with Gasteiger partial charge in [-0.25, -0.2) is 4.98 Å². The lowest BCUT2D eigenvalue weighted by atomic mass is 10.1. The van der Waals surface area contributed by atoms with Crippen LogP contribution in [0.2, 0.25) is 0 Å². The smallest absolute Gasteiger partial charge is 0.280 e. The highest BCUT2D eigenvalue weighted by molar-refractivity contribution is 5.70. The molecule has 8 nitrogen and oxygen atoms in total. The Kier molecular flexibility index (Phi) is 4.36. The summed E-state index contributed by atoms with van der Waals surface area (Å²) in [6, 6.07) is 0. The molecule has 3 N–H and O–H groups in total. The SMILES string of the molecule is CC[C@@H]1C[C@H](O)[C@H](n2cnc3c(=O)[nH]c(NCC(C)C)nc32)O1. The van der Waals surface area contributed by atoms with E-state index in [1.54, 1.807) is 4.57 Å². The Hall–Kier alpha value is -1.93. The molecule has 126 valence electrons. The van der Waals surface area contributed by atoms with Gasteiger partial charge in [-0.2, -0.15) is 4.98 Å². The van der Waals surface area contributed by atoms with E-state index < -0.39 is 12.3 Å². The largest absolute Gasteiger partial charge is 0.388 e. The van der Waals surface area contributed by atoms with Gasteiger partial charge in [0.1, 0.15) is 6.10 Å². The average Bonchev–Trinajstić information content (AvgIpc) is 3.08. The molecule has 0 bridgehead atoms. The molecule has 1 saturated heterocycles. The van der Waals surface area contributed by atoms with Crippen LogP contribution in [-0.4, -0.2) is 43.4 Å². The summed E-state index contributed by atoms with van der Waals surface area (Å²) < 4.78 is 7.50. The summed E-state index contributed by atoms with van der Waals surface area (Å²) in [5, 5.41) is 13.3. The van der Waals surface area contributed by atoms with Crippen LogP contribution < -0.4 is 10.9 Å². The second-order valence-electron chi connectivity index (χ2n) is 6.37. The molecule has 0 radical (unpaired) electrons. The van der Waals surface area contributed by atoms with Crippen molar-refractivity contribution in [2.45, 2.75) is 52.0 Å². The number of aromatic amines is 1. The molecule has 23 heavy (non-hydrogen) atoms. The molecule has 1 aliphatic rings. The fourth-order valence-corrected chi connectivity index (χ4v) is 2.74. The molecule has 0 aromatic carbocycles. The number of rotatable bonds is 5. The van der Waals surface area contributed by atoms with Gasteiger partial charge in [0.15, 0.2) is 17.4 Å². The van der Waals surface area contributed by atoms with Crippen molar-refractivity contribution in [3.8, 4) is 0 Å². The van der Waals surface area contributed by atoms with Crippen molar-refractivity contribution in [2.24, 2.45) is 5.92 Å². The van der Waals surface area contributed by atoms with Crippen molar-refractivity contribution in [3.05, 3.63) is 16.7 Å². The van der Waals surface area contributed by atoms with E-state index in [1.807, 2.05) is 6.92 Å². The van der Waals surface area contributed by atoms with Crippen LogP contribution in [0.25, 0.3) is 11.2 Å². The van der Waals surface area contributed by atoms with Crippen molar-refractivity contribution in [1.29, 1.82) is 0 Å². The highest BCUT2D eigenvalue weighted by atomic mass is 16.5. The second-order valence-corrected chi connectivity index (χ2v) is 6.37. The lowest BCUT2D eigenvalue weighted by Crippen LogP contribution is -2.21. The number of fused-ring (bicyclic) bond motifs is 1. The summed E-state index contributed by atoms with van der Waals surface area (Å²) in [6.45, 7) is 6.86. The van der Waals surface area contributed by atoms with Gasteiger partial charge in [0.2, 0.25) is 5.95 Å². The van der Waals surface area contributed by atoms with Gasteiger partial charge in [0.05, 0.1) is 12.4 Å². The molecule has 2 aromatic rings. The van der Waals surface area contributed by atoms with E-state index in [1.165, 1.54) is 6.33 Å². The van der Waals surface area contributed by atoms with Crippen LogP contribution >= 0.6 is 0 Å². The molecule has 3 heterocycles. The van der Waals surface area contributed by atoms with Crippen LogP contribution in [0, 0.1) is 5.92 Å². The molecule has 8 heteroatoms. The molecule has 1 aliphatic heterocycles. The van der Waals surface area contributed by atoms with E-state index in [-0.39, 0.29) is 17.2 Å². The fraction of sp³-hybridized carbons (Fsp3) is 0.667. The van der Waals surface area contributed by atoms with E-state index in [4.69, 9.17) is 4.74 Å². The van der Waals surface area contributed by atoms with Crippen molar-refractivity contribution < 1.29 is 9.84 Å². The standard InChI is InChI=1S/C15H23N5O3/c1-4-9-5-10(21)14(23-9)20-7-17-11-12(20)18-15(19-13(11)22)16-6-8(2)3/h7-10,14,21H,4-6H2,1-3H3,(H2,16,18,19,22)/t9-,10+,14-/m1/s1. The topological polar surface area (TPSA) is 105 Å². The van der Waals surface area contributed by atoms with E-state index in [0.717, 1.165) is 6.42 Å². The second kappa shape index (κ2) is 6.29. The van der Waals surface area contributed by atoms with Gasteiger partial charge in [0, 0.05) is 13.0 Å². The fourth-order valence-electron chi connectivity index (χ4n) is 2.74. The molecular formula is C15H23N5O3. The maximum Gasteiger partial charge on any atom is 0.280 e. The molecular weight excluding hydrogens is 298 g/mol. The molecule has 0 saturated carbocycles. The number of anilines is 1. The van der Waals surface area contributed by atoms with E-state index >= 15 is 0 Å². The maximum atomic E-state index is 12.2. The Morgan fingerprint density at radius 3 is 3.00 bits per heavy atom. The van der Waals surface area contributed by atoms with Gasteiger partial charge in [-0.15, -0.1) is 0 Å². The summed E-state index contributed by atoms with van der Waals surface area (Å²) in [5.41, 5.74) is 0.358. The number of ether oxygens (including phenoxy) is 1. The van der Waals surface area contributed by atoms with Crippen LogP contribution in [0.15, 0.2) is 11.1 Å². The summed E-state index contributed by atoms with van der Waals surface area (Å²) >= 11 is 0. The van der Waals surface area contributed by atoms with Crippen LogP contribution in [-0.2, 0) is 4.74 Å². The van der Waals surface area contributed by atoms with Crippen molar-refractivity contribution in [2.75, 3.05) is 11.9 Å². The normalized spacial score (nSPS) is 24.7. The van der Waals surface area contributed by atoms with Crippen molar-refractivity contribution in [1.82, 2.24) is 19.5 Å². The van der Waals surface area contributed by atoms with E-state index in [0.29, 0.717) is 30.5 Å². The molecule has 0 spiro atoms. The third kappa shape index (κ3) is 3.09. The Labute approximate surface area is 133 Å². The van der Waals surface area contributed by atoms with Crippen molar-refractivity contribution in [3.63, 3.8) is 0 Å². The quantitative estimate of drug-likeness (QED) is 0.765. The van der Waals surface area contributed by atoms with Gasteiger partial charge in [-0.05, 0) is 12.3 Å². The van der Waals surface area contributed by atoms with Gasteiger partial charge in [-0.1, -0.05) is 20.8 Å². The first-order chi connectivity index (χ1) is 11.0. The van der Waals surface area contributed by atoms with E-state index in [9.17, 15) is 9.90 Å². The number of H-pyrrole nitrogens is 1. The molecule has 2 aromatic heterocycles. The number of aliphatic hydroxyl groups excluding tert-OH is 1. The van der Waals surface area contributed by atoms with Gasteiger partial charge in [0.25, 0.3) is 5.56 Å². The summed E-state index contributed by atoms with van der Waals surface area (Å²) in [6.07, 6.45) is 1.72. The first-order valence-electron chi connectivity index (χ1n) is 8.03. The van der Waals surface area contributed by atoms with Gasteiger partial charge in [-0.3, -0.25) is 14.3 Å². The number of nitrogens with one attached hydrogen (secondary N) is 2. The zero-order valence-electron chi connectivity index (χ0n) is 13.6. The zero-order chi connectivity index (χ0) is 16.6. The van der Waals surface area contributed by atoms with Crippen molar-refractivity contribution >= 4 is 17.1 Å². The molecule has 3 atom stereocenters. The predicted molar refractivity (Wildman–Crippen MR) is 86.3 cm³/mol. The predicted octanol–water partition coefficient (Wildman–Crippen LogP) is 1.25. The lowest BCUT2D eigenvalue weighted by Gasteiger charge is -2.17. The van der Waals surface area contributed by atoms with Gasteiger partial charge >= 0.3 is 0 Å². The maximum absolute atomic E-state index is 12.2. The van der Waals surface area contributed by atoms with Crippen LogP contribution in [0.3, 0.4) is 0 Å².